The van der Waals surface area contributed by atoms with Gasteiger partial charge >= 0.3 is 6.09 Å². The number of carbonyl (C=O) groups excluding carboxylic acids is 1. The molecule has 0 saturated carbocycles. The molecule has 2 heterocycles. The van der Waals surface area contributed by atoms with E-state index in [1.54, 1.807) is 11.1 Å². The van der Waals surface area contributed by atoms with E-state index in [4.69, 9.17) is 4.74 Å². The van der Waals surface area contributed by atoms with Crippen molar-refractivity contribution in [1.29, 1.82) is 0 Å². The van der Waals surface area contributed by atoms with E-state index in [1.807, 2.05) is 52.0 Å². The van der Waals surface area contributed by atoms with Crippen LogP contribution in [0.25, 0.3) is 0 Å². The molecule has 1 fully saturated rings. The first kappa shape index (κ1) is 15.4. The summed E-state index contributed by atoms with van der Waals surface area (Å²) in [5.41, 5.74) is 1.62. The van der Waals surface area contributed by atoms with E-state index in [9.17, 15) is 4.79 Å². The first-order chi connectivity index (χ1) is 9.76. The van der Waals surface area contributed by atoms with Crippen molar-refractivity contribution < 1.29 is 9.53 Å². The summed E-state index contributed by atoms with van der Waals surface area (Å²) in [6, 6.07) is 2.20. The number of amides is 1. The zero-order valence-corrected chi connectivity index (χ0v) is 13.4. The Morgan fingerprint density at radius 3 is 2.67 bits per heavy atom. The number of carbonyl (C=O) groups is 1. The topological polar surface area (TPSA) is 57.7 Å². The van der Waals surface area contributed by atoms with Crippen molar-refractivity contribution in [2.24, 2.45) is 0 Å². The van der Waals surface area contributed by atoms with Crippen molar-refractivity contribution in [3.8, 4) is 0 Å². The van der Waals surface area contributed by atoms with Crippen molar-refractivity contribution in [3.63, 3.8) is 0 Å². The van der Waals surface area contributed by atoms with E-state index < -0.39 is 5.60 Å². The lowest BCUT2D eigenvalue weighted by molar-refractivity contribution is 0.0105. The molecule has 1 aromatic rings. The van der Waals surface area contributed by atoms with E-state index in [0.29, 0.717) is 13.1 Å². The third-order valence-electron chi connectivity index (χ3n) is 3.17. The maximum atomic E-state index is 11.9. The molecule has 0 unspecified atom stereocenters. The number of nitrogens with zero attached hydrogens (tertiary/aromatic N) is 3. The molecule has 0 radical (unpaired) electrons. The summed E-state index contributed by atoms with van der Waals surface area (Å²) < 4.78 is 5.34. The van der Waals surface area contributed by atoms with Gasteiger partial charge in [-0.1, -0.05) is 0 Å². The number of anilines is 2. The van der Waals surface area contributed by atoms with Gasteiger partial charge in [-0.3, -0.25) is 4.98 Å². The quantitative estimate of drug-likeness (QED) is 0.925. The SMILES string of the molecule is CN(C)c1ccncc1NC1CN(C(=O)OC(C)(C)C)C1. The standard InChI is InChI=1S/C15H24N4O2/c1-15(2,3)21-14(20)19-9-11(10-19)17-12-8-16-7-6-13(12)18(4)5/h6-8,11,17H,9-10H2,1-5H3. The molecule has 0 aliphatic carbocycles. The van der Waals surface area contributed by atoms with Crippen LogP contribution in [0, 0.1) is 0 Å². The first-order valence-corrected chi connectivity index (χ1v) is 7.12. The van der Waals surface area contributed by atoms with Crippen molar-refractivity contribution in [3.05, 3.63) is 18.5 Å². The van der Waals surface area contributed by atoms with E-state index in [2.05, 4.69) is 10.3 Å². The molecule has 116 valence electrons. The lowest BCUT2D eigenvalue weighted by Crippen LogP contribution is -2.58. The molecule has 2 rings (SSSR count). The van der Waals surface area contributed by atoms with Crippen molar-refractivity contribution >= 4 is 17.5 Å². The van der Waals surface area contributed by atoms with Crippen LogP contribution in [0.5, 0.6) is 0 Å². The molecular formula is C15H24N4O2. The van der Waals surface area contributed by atoms with Crippen molar-refractivity contribution in [2.75, 3.05) is 37.4 Å². The molecule has 0 bridgehead atoms. The van der Waals surface area contributed by atoms with E-state index in [-0.39, 0.29) is 12.1 Å². The molecule has 1 aliphatic heterocycles. The molecular weight excluding hydrogens is 268 g/mol. The number of aromatic nitrogens is 1. The van der Waals surface area contributed by atoms with Gasteiger partial charge in [-0.25, -0.2) is 4.79 Å². The van der Waals surface area contributed by atoms with Gasteiger partial charge in [-0.15, -0.1) is 0 Å². The fraction of sp³-hybridized carbons (Fsp3) is 0.600. The number of nitrogens with one attached hydrogen (secondary N) is 1. The van der Waals surface area contributed by atoms with Gasteiger partial charge in [0.1, 0.15) is 5.60 Å². The molecule has 21 heavy (non-hydrogen) atoms. The van der Waals surface area contributed by atoms with Gasteiger partial charge in [-0.05, 0) is 26.8 Å². The average molecular weight is 292 g/mol. The smallest absolute Gasteiger partial charge is 0.410 e. The number of pyridine rings is 1. The molecule has 0 spiro atoms. The fourth-order valence-electron chi connectivity index (χ4n) is 2.15. The van der Waals surface area contributed by atoms with Gasteiger partial charge in [-0.2, -0.15) is 0 Å². The summed E-state index contributed by atoms with van der Waals surface area (Å²) >= 11 is 0. The minimum absolute atomic E-state index is 0.236. The Bertz CT molecular complexity index is 505. The second kappa shape index (κ2) is 5.79. The van der Waals surface area contributed by atoms with Crippen molar-refractivity contribution in [2.45, 2.75) is 32.4 Å². The number of rotatable bonds is 3. The minimum atomic E-state index is -0.447. The third-order valence-corrected chi connectivity index (χ3v) is 3.17. The molecule has 0 aromatic carbocycles. The minimum Gasteiger partial charge on any atom is -0.444 e. The summed E-state index contributed by atoms with van der Waals surface area (Å²) in [5.74, 6) is 0. The fourth-order valence-corrected chi connectivity index (χ4v) is 2.15. The highest BCUT2D eigenvalue weighted by Gasteiger charge is 2.33. The van der Waals surface area contributed by atoms with Crippen LogP contribution in [0.2, 0.25) is 0 Å². The number of hydrogen-bond acceptors (Lipinski definition) is 5. The summed E-state index contributed by atoms with van der Waals surface area (Å²) in [4.78, 5) is 19.8. The number of ether oxygens (including phenoxy) is 1. The van der Waals surface area contributed by atoms with Crippen LogP contribution < -0.4 is 10.2 Å². The lowest BCUT2D eigenvalue weighted by atomic mass is 10.1. The lowest BCUT2D eigenvalue weighted by Gasteiger charge is -2.40. The molecule has 6 nitrogen and oxygen atoms in total. The van der Waals surface area contributed by atoms with Gasteiger partial charge in [0.25, 0.3) is 0 Å². The Kier molecular flexibility index (Phi) is 4.25. The van der Waals surface area contributed by atoms with Gasteiger partial charge in [0.05, 0.1) is 23.6 Å². The first-order valence-electron chi connectivity index (χ1n) is 7.12. The number of hydrogen-bond donors (Lipinski definition) is 1. The van der Waals surface area contributed by atoms with Gasteiger partial charge in [0.15, 0.2) is 0 Å². The van der Waals surface area contributed by atoms with Crippen LogP contribution in [0.4, 0.5) is 16.2 Å². The molecule has 0 atom stereocenters. The molecule has 1 aliphatic rings. The predicted octanol–water partition coefficient (Wildman–Crippen LogP) is 2.18. The van der Waals surface area contributed by atoms with E-state index in [1.165, 1.54) is 0 Å². The molecule has 1 amide bonds. The van der Waals surface area contributed by atoms with E-state index in [0.717, 1.165) is 11.4 Å². The maximum Gasteiger partial charge on any atom is 0.410 e. The van der Waals surface area contributed by atoms with Crippen molar-refractivity contribution in [1.82, 2.24) is 9.88 Å². The van der Waals surface area contributed by atoms with Crippen LogP contribution in [0.15, 0.2) is 18.5 Å². The Morgan fingerprint density at radius 1 is 1.43 bits per heavy atom. The van der Waals surface area contributed by atoms with Crippen LogP contribution in [0.1, 0.15) is 20.8 Å². The number of likely N-dealkylation sites (tertiary alicyclic amines) is 1. The average Bonchev–Trinajstić information content (AvgIpc) is 2.31. The Morgan fingerprint density at radius 2 is 2.10 bits per heavy atom. The van der Waals surface area contributed by atoms with Crippen LogP contribution in [0.3, 0.4) is 0 Å². The second-order valence-electron chi connectivity index (χ2n) is 6.51. The van der Waals surface area contributed by atoms with Crippen LogP contribution in [-0.2, 0) is 4.74 Å². The molecule has 1 aromatic heterocycles. The highest BCUT2D eigenvalue weighted by molar-refractivity contribution is 5.71. The Balaban J connectivity index is 1.88. The zero-order valence-electron chi connectivity index (χ0n) is 13.4. The Labute approximate surface area is 126 Å². The molecule has 1 saturated heterocycles. The summed E-state index contributed by atoms with van der Waals surface area (Å²) in [6.45, 7) is 6.92. The van der Waals surface area contributed by atoms with Crippen LogP contribution >= 0.6 is 0 Å². The second-order valence-corrected chi connectivity index (χ2v) is 6.51. The molecule has 1 N–H and O–H groups in total. The van der Waals surface area contributed by atoms with Gasteiger partial charge in [0.2, 0.25) is 0 Å². The zero-order chi connectivity index (χ0) is 15.6. The summed E-state index contributed by atoms with van der Waals surface area (Å²) in [6.07, 6.45) is 3.33. The van der Waals surface area contributed by atoms with Crippen LogP contribution in [-0.4, -0.2) is 54.8 Å². The highest BCUT2D eigenvalue weighted by Crippen LogP contribution is 2.25. The van der Waals surface area contributed by atoms with Gasteiger partial charge < -0.3 is 19.9 Å². The summed E-state index contributed by atoms with van der Waals surface area (Å²) in [7, 11) is 3.99. The monoisotopic (exact) mass is 292 g/mol. The maximum absolute atomic E-state index is 11.9. The third kappa shape index (κ3) is 4.00. The van der Waals surface area contributed by atoms with Gasteiger partial charge in [0, 0.05) is 33.4 Å². The largest absolute Gasteiger partial charge is 0.444 e. The molecule has 6 heteroatoms. The normalized spacial score (nSPS) is 15.4. The summed E-state index contributed by atoms with van der Waals surface area (Å²) in [5, 5.41) is 3.42. The van der Waals surface area contributed by atoms with E-state index >= 15 is 0 Å². The predicted molar refractivity (Wildman–Crippen MR) is 83.8 cm³/mol. The Hall–Kier alpha value is -1.98. The highest BCUT2D eigenvalue weighted by atomic mass is 16.6.